The Labute approximate surface area is 194 Å². The van der Waals surface area contributed by atoms with Crippen LogP contribution in [0.15, 0.2) is 36.5 Å². The highest BCUT2D eigenvalue weighted by atomic mass is 35.5. The van der Waals surface area contributed by atoms with Crippen LogP contribution in [-0.4, -0.2) is 51.0 Å². The van der Waals surface area contributed by atoms with E-state index in [0.29, 0.717) is 23.1 Å². The van der Waals surface area contributed by atoms with Crippen molar-refractivity contribution in [2.75, 3.05) is 13.1 Å². The number of urea groups is 1. The van der Waals surface area contributed by atoms with Crippen LogP contribution in [0.2, 0.25) is 10.0 Å². The number of halogens is 2. The normalized spacial score (nSPS) is 16.3. The highest BCUT2D eigenvalue weighted by molar-refractivity contribution is 6.42. The summed E-state index contributed by atoms with van der Waals surface area (Å²) in [4.78, 5) is 29.7. The first-order valence-electron chi connectivity index (χ1n) is 10.5. The lowest BCUT2D eigenvalue weighted by Gasteiger charge is -2.39. The molecule has 1 aliphatic heterocycles. The van der Waals surface area contributed by atoms with E-state index in [2.05, 4.69) is 9.88 Å². The molecule has 3 amide bonds. The van der Waals surface area contributed by atoms with Gasteiger partial charge >= 0.3 is 6.03 Å². The number of rotatable bonds is 4. The summed E-state index contributed by atoms with van der Waals surface area (Å²) in [5.41, 5.74) is 1.51. The Morgan fingerprint density at radius 3 is 2.48 bits per heavy atom. The minimum absolute atomic E-state index is 0.00187. The van der Waals surface area contributed by atoms with Gasteiger partial charge in [-0.25, -0.2) is 4.79 Å². The molecule has 0 saturated heterocycles. The molecule has 1 aromatic heterocycles. The maximum absolute atomic E-state index is 13.5. The number of fused-ring (bicyclic) bond motifs is 1. The Morgan fingerprint density at radius 2 is 1.87 bits per heavy atom. The summed E-state index contributed by atoms with van der Waals surface area (Å²) in [6.45, 7) is 10.8. The molecule has 1 aliphatic rings. The molecule has 31 heavy (non-hydrogen) atoms. The number of carbonyl (C=O) groups excluding carboxylic acids is 2. The Kier molecular flexibility index (Phi) is 6.92. The van der Waals surface area contributed by atoms with Gasteiger partial charge < -0.3 is 19.7 Å². The van der Waals surface area contributed by atoms with E-state index in [1.165, 1.54) is 0 Å². The lowest BCUT2D eigenvalue weighted by molar-refractivity contribution is -0.134. The molecule has 3 rings (SSSR count). The predicted molar refractivity (Wildman–Crippen MR) is 125 cm³/mol. The van der Waals surface area contributed by atoms with Gasteiger partial charge in [0.1, 0.15) is 6.54 Å². The third-order valence-corrected chi connectivity index (χ3v) is 6.03. The monoisotopic (exact) mass is 464 g/mol. The second-order valence-corrected chi connectivity index (χ2v) is 10.0. The molecule has 1 atom stereocenters. The van der Waals surface area contributed by atoms with Crippen LogP contribution in [0.25, 0.3) is 0 Å². The lowest BCUT2D eigenvalue weighted by atomic mass is 9.99. The van der Waals surface area contributed by atoms with Crippen molar-refractivity contribution in [2.45, 2.75) is 58.8 Å². The van der Waals surface area contributed by atoms with Gasteiger partial charge in [-0.05, 0) is 64.4 Å². The fraction of sp³-hybridized carbons (Fsp3) is 0.478. The van der Waals surface area contributed by atoms with E-state index in [9.17, 15) is 9.59 Å². The molecule has 2 aromatic rings. The van der Waals surface area contributed by atoms with Crippen molar-refractivity contribution in [2.24, 2.45) is 0 Å². The fourth-order valence-electron chi connectivity index (χ4n) is 3.80. The molecule has 0 radical (unpaired) electrons. The fourth-order valence-corrected chi connectivity index (χ4v) is 4.11. The smallest absolute Gasteiger partial charge is 0.318 e. The molecule has 8 heteroatoms. The van der Waals surface area contributed by atoms with Crippen LogP contribution in [0.1, 0.15) is 51.9 Å². The van der Waals surface area contributed by atoms with E-state index in [0.717, 1.165) is 11.3 Å². The maximum atomic E-state index is 13.5. The lowest BCUT2D eigenvalue weighted by Crippen LogP contribution is -2.54. The molecule has 0 fully saturated rings. The average molecular weight is 465 g/mol. The first kappa shape index (κ1) is 23.5. The number of hydrogen-bond acceptors (Lipinski definition) is 2. The van der Waals surface area contributed by atoms with Gasteiger partial charge in [-0.1, -0.05) is 29.3 Å². The molecule has 0 saturated carbocycles. The summed E-state index contributed by atoms with van der Waals surface area (Å²) in [5.74, 6) is -0.110. The van der Waals surface area contributed by atoms with Crippen LogP contribution in [0.4, 0.5) is 4.79 Å². The van der Waals surface area contributed by atoms with Crippen molar-refractivity contribution in [3.05, 3.63) is 57.8 Å². The number of carbonyl (C=O) groups is 2. The second-order valence-electron chi connectivity index (χ2n) is 9.19. The van der Waals surface area contributed by atoms with Gasteiger partial charge in [0.05, 0.1) is 16.1 Å². The van der Waals surface area contributed by atoms with Crippen LogP contribution in [0.5, 0.6) is 0 Å². The summed E-state index contributed by atoms with van der Waals surface area (Å²) in [7, 11) is 0. The highest BCUT2D eigenvalue weighted by Gasteiger charge is 2.34. The highest BCUT2D eigenvalue weighted by Crippen LogP contribution is 2.35. The van der Waals surface area contributed by atoms with Gasteiger partial charge in [0.15, 0.2) is 0 Å². The topological polar surface area (TPSA) is 57.6 Å². The summed E-state index contributed by atoms with van der Waals surface area (Å²) in [6.07, 6.45) is 2.01. The molecular formula is C23H30Cl2N4O2. The number of nitrogens with one attached hydrogen (secondary N) is 1. The average Bonchev–Trinajstić information content (AvgIpc) is 3.14. The number of aromatic nitrogens is 1. The third-order valence-electron chi connectivity index (χ3n) is 5.29. The second kappa shape index (κ2) is 9.13. The van der Waals surface area contributed by atoms with Crippen molar-refractivity contribution >= 4 is 35.1 Å². The SMILES string of the molecule is CC(C)N(CC(=O)N1CCn2cccc2[C@@H]1c1ccc(Cl)c(Cl)c1)C(=O)NC(C)(C)C. The Bertz CT molecular complexity index is 965. The van der Waals surface area contributed by atoms with Crippen molar-refractivity contribution < 1.29 is 9.59 Å². The van der Waals surface area contributed by atoms with E-state index < -0.39 is 0 Å². The molecule has 0 unspecified atom stereocenters. The largest absolute Gasteiger partial charge is 0.348 e. The molecule has 1 N–H and O–H groups in total. The zero-order valence-corrected chi connectivity index (χ0v) is 20.2. The van der Waals surface area contributed by atoms with Crippen LogP contribution < -0.4 is 5.32 Å². The number of amides is 3. The first-order chi connectivity index (χ1) is 14.5. The molecule has 0 aliphatic carbocycles. The van der Waals surface area contributed by atoms with Crippen molar-refractivity contribution in [3.63, 3.8) is 0 Å². The standard InChI is InChI=1S/C23H30Cl2N4O2/c1-15(2)29(22(31)26-23(3,4)5)14-20(30)28-12-11-27-10-6-7-19(27)21(28)16-8-9-17(24)18(25)13-16/h6-10,13,15,21H,11-12,14H2,1-5H3,(H,26,31)/t21-/m0/s1. The van der Waals surface area contributed by atoms with Crippen LogP contribution in [0.3, 0.4) is 0 Å². The van der Waals surface area contributed by atoms with Gasteiger partial charge in [-0.2, -0.15) is 0 Å². The molecular weight excluding hydrogens is 435 g/mol. The maximum Gasteiger partial charge on any atom is 0.318 e. The first-order valence-corrected chi connectivity index (χ1v) is 11.2. The minimum atomic E-state index is -0.387. The molecule has 2 heterocycles. The summed E-state index contributed by atoms with van der Waals surface area (Å²) in [5, 5.41) is 3.88. The molecule has 0 spiro atoms. The van der Waals surface area contributed by atoms with E-state index in [4.69, 9.17) is 23.2 Å². The summed E-state index contributed by atoms with van der Waals surface area (Å²) >= 11 is 12.4. The molecule has 0 bridgehead atoms. The van der Waals surface area contributed by atoms with Gasteiger partial charge in [0.25, 0.3) is 0 Å². The van der Waals surface area contributed by atoms with Gasteiger partial charge in [0, 0.05) is 36.6 Å². The predicted octanol–water partition coefficient (Wildman–Crippen LogP) is 4.95. The number of benzene rings is 1. The molecule has 6 nitrogen and oxygen atoms in total. The van der Waals surface area contributed by atoms with Crippen molar-refractivity contribution in [1.82, 2.24) is 19.7 Å². The third kappa shape index (κ3) is 5.36. The van der Waals surface area contributed by atoms with Crippen molar-refractivity contribution in [1.29, 1.82) is 0 Å². The number of nitrogens with zero attached hydrogens (tertiary/aromatic N) is 3. The Morgan fingerprint density at radius 1 is 1.16 bits per heavy atom. The van der Waals surface area contributed by atoms with E-state index in [1.54, 1.807) is 11.0 Å². The summed E-state index contributed by atoms with van der Waals surface area (Å²) < 4.78 is 2.14. The van der Waals surface area contributed by atoms with E-state index >= 15 is 0 Å². The quantitative estimate of drug-likeness (QED) is 0.695. The van der Waals surface area contributed by atoms with E-state index in [-0.39, 0.29) is 36.1 Å². The van der Waals surface area contributed by atoms with Crippen LogP contribution in [-0.2, 0) is 11.3 Å². The zero-order chi connectivity index (χ0) is 22.9. The minimum Gasteiger partial charge on any atom is -0.348 e. The Balaban J connectivity index is 1.90. The molecule has 1 aromatic carbocycles. The number of hydrogen-bond donors (Lipinski definition) is 1. The van der Waals surface area contributed by atoms with Gasteiger partial charge in [-0.3, -0.25) is 4.79 Å². The van der Waals surface area contributed by atoms with Gasteiger partial charge in [0.2, 0.25) is 5.91 Å². The van der Waals surface area contributed by atoms with E-state index in [1.807, 2.05) is 70.0 Å². The van der Waals surface area contributed by atoms with Crippen LogP contribution in [0, 0.1) is 0 Å². The van der Waals surface area contributed by atoms with Crippen molar-refractivity contribution in [3.8, 4) is 0 Å². The zero-order valence-electron chi connectivity index (χ0n) is 18.7. The summed E-state index contributed by atoms with van der Waals surface area (Å²) in [6, 6.07) is 8.78. The van der Waals surface area contributed by atoms with Gasteiger partial charge in [-0.15, -0.1) is 0 Å². The Hall–Kier alpha value is -2.18. The molecule has 168 valence electrons. The van der Waals surface area contributed by atoms with Crippen LogP contribution >= 0.6 is 23.2 Å².